The molecule has 0 amide bonds. The SMILES string of the molecule is CC.CCC/C=C\C(CCC)=C(/C=C(C)C)NC. The highest BCUT2D eigenvalue weighted by Crippen LogP contribution is 2.14. The third-order valence-corrected chi connectivity index (χ3v) is 2.34. The fraction of sp³-hybridized carbons (Fsp3) is 0.647. The summed E-state index contributed by atoms with van der Waals surface area (Å²) in [6.07, 6.45) is 11.5. The van der Waals surface area contributed by atoms with Crippen molar-refractivity contribution in [3.63, 3.8) is 0 Å². The maximum absolute atomic E-state index is 3.30. The number of rotatable bonds is 7. The lowest BCUT2D eigenvalue weighted by Crippen LogP contribution is -2.07. The van der Waals surface area contributed by atoms with Crippen molar-refractivity contribution >= 4 is 0 Å². The summed E-state index contributed by atoms with van der Waals surface area (Å²) in [5.74, 6) is 0. The van der Waals surface area contributed by atoms with Crippen molar-refractivity contribution in [1.82, 2.24) is 5.32 Å². The summed E-state index contributed by atoms with van der Waals surface area (Å²) in [5, 5.41) is 3.30. The van der Waals surface area contributed by atoms with Crippen LogP contribution >= 0.6 is 0 Å². The molecule has 0 aromatic rings. The Balaban J connectivity index is 0. The molecule has 0 saturated heterocycles. The minimum atomic E-state index is 1.14. The van der Waals surface area contributed by atoms with Crippen molar-refractivity contribution in [3.05, 3.63) is 35.1 Å². The van der Waals surface area contributed by atoms with E-state index in [9.17, 15) is 0 Å². The third-order valence-electron chi connectivity index (χ3n) is 2.34. The number of hydrogen-bond acceptors (Lipinski definition) is 1. The number of nitrogens with one attached hydrogen (secondary N) is 1. The monoisotopic (exact) mass is 251 g/mol. The summed E-state index contributed by atoms with van der Waals surface area (Å²) in [7, 11) is 2.00. The molecule has 0 spiro atoms. The average molecular weight is 251 g/mol. The number of likely N-dealkylation sites (N-methyl/N-ethyl adjacent to an activating group) is 1. The van der Waals surface area contributed by atoms with E-state index in [4.69, 9.17) is 0 Å². The van der Waals surface area contributed by atoms with Crippen molar-refractivity contribution in [2.45, 2.75) is 67.2 Å². The predicted molar refractivity (Wildman–Crippen MR) is 85.8 cm³/mol. The Morgan fingerprint density at radius 1 is 1.06 bits per heavy atom. The summed E-state index contributed by atoms with van der Waals surface area (Å²) < 4.78 is 0. The van der Waals surface area contributed by atoms with Gasteiger partial charge in [0.15, 0.2) is 0 Å². The van der Waals surface area contributed by atoms with Gasteiger partial charge in [-0.15, -0.1) is 0 Å². The zero-order valence-electron chi connectivity index (χ0n) is 13.6. The first-order valence-corrected chi connectivity index (χ1v) is 7.38. The lowest BCUT2D eigenvalue weighted by atomic mass is 10.1. The quantitative estimate of drug-likeness (QED) is 0.580. The first kappa shape index (κ1) is 19.4. The molecule has 0 heterocycles. The molecule has 1 N–H and O–H groups in total. The molecule has 0 rings (SSSR count). The first-order chi connectivity index (χ1) is 8.65. The van der Waals surface area contributed by atoms with Crippen LogP contribution in [-0.4, -0.2) is 7.05 Å². The van der Waals surface area contributed by atoms with E-state index in [1.165, 1.54) is 36.1 Å². The second-order valence-electron chi connectivity index (χ2n) is 4.35. The largest absolute Gasteiger partial charge is 0.388 e. The minimum Gasteiger partial charge on any atom is -0.388 e. The molecule has 1 nitrogen and oxygen atoms in total. The van der Waals surface area contributed by atoms with Crippen LogP contribution < -0.4 is 5.32 Å². The third kappa shape index (κ3) is 10.2. The zero-order chi connectivity index (χ0) is 14.4. The van der Waals surface area contributed by atoms with Crippen LogP contribution in [-0.2, 0) is 0 Å². The molecular formula is C17H33N. The maximum Gasteiger partial charge on any atom is 0.0369 e. The van der Waals surface area contributed by atoms with Gasteiger partial charge in [0.25, 0.3) is 0 Å². The van der Waals surface area contributed by atoms with Crippen molar-refractivity contribution < 1.29 is 0 Å². The van der Waals surface area contributed by atoms with Crippen LogP contribution in [0.15, 0.2) is 35.1 Å². The van der Waals surface area contributed by atoms with Gasteiger partial charge in [-0.05, 0) is 38.3 Å². The number of hydrogen-bond donors (Lipinski definition) is 1. The Morgan fingerprint density at radius 3 is 2.06 bits per heavy atom. The van der Waals surface area contributed by atoms with Crippen molar-refractivity contribution in [3.8, 4) is 0 Å². The topological polar surface area (TPSA) is 12.0 Å². The zero-order valence-corrected chi connectivity index (χ0v) is 13.6. The van der Waals surface area contributed by atoms with Crippen molar-refractivity contribution in [1.29, 1.82) is 0 Å². The van der Waals surface area contributed by atoms with Gasteiger partial charge < -0.3 is 5.32 Å². The molecule has 106 valence electrons. The molecule has 0 aliphatic heterocycles. The lowest BCUT2D eigenvalue weighted by molar-refractivity contribution is 0.882. The smallest absolute Gasteiger partial charge is 0.0369 e. The molecule has 0 aliphatic rings. The Morgan fingerprint density at radius 2 is 1.67 bits per heavy atom. The van der Waals surface area contributed by atoms with Gasteiger partial charge in [0.2, 0.25) is 0 Å². The molecule has 0 aromatic heterocycles. The highest BCUT2D eigenvalue weighted by molar-refractivity contribution is 5.33. The van der Waals surface area contributed by atoms with E-state index >= 15 is 0 Å². The van der Waals surface area contributed by atoms with Gasteiger partial charge >= 0.3 is 0 Å². The van der Waals surface area contributed by atoms with Gasteiger partial charge in [-0.2, -0.15) is 0 Å². The molecule has 0 saturated carbocycles. The van der Waals surface area contributed by atoms with Gasteiger partial charge in [-0.3, -0.25) is 0 Å². The van der Waals surface area contributed by atoms with Crippen LogP contribution in [0.25, 0.3) is 0 Å². The van der Waals surface area contributed by atoms with Crippen molar-refractivity contribution in [2.75, 3.05) is 7.05 Å². The van der Waals surface area contributed by atoms with E-state index in [1.807, 2.05) is 20.9 Å². The Hall–Kier alpha value is -0.980. The number of unbranched alkanes of at least 4 members (excludes halogenated alkanes) is 1. The van der Waals surface area contributed by atoms with Crippen LogP contribution in [0.1, 0.15) is 67.2 Å². The summed E-state index contributed by atoms with van der Waals surface area (Å²) >= 11 is 0. The molecule has 0 atom stereocenters. The summed E-state index contributed by atoms with van der Waals surface area (Å²) in [6.45, 7) is 12.7. The van der Waals surface area contributed by atoms with Gasteiger partial charge in [-0.25, -0.2) is 0 Å². The molecule has 0 radical (unpaired) electrons. The number of allylic oxidation sites excluding steroid dienone is 5. The molecule has 0 aromatic carbocycles. The standard InChI is InChI=1S/C15H27N.C2H6/c1-6-8-9-11-14(10-7-2)15(16-5)12-13(3)4;1-2/h9,11-12,16H,6-8,10H2,1-5H3;1-2H3/b11-9-,15-14+;. The average Bonchev–Trinajstić information content (AvgIpc) is 2.37. The summed E-state index contributed by atoms with van der Waals surface area (Å²) in [4.78, 5) is 0. The molecule has 18 heavy (non-hydrogen) atoms. The highest BCUT2D eigenvalue weighted by atomic mass is 14.8. The Bertz CT molecular complexity index is 265. The Kier molecular flexibility index (Phi) is 15.1. The van der Waals surface area contributed by atoms with Crippen LogP contribution in [0.4, 0.5) is 0 Å². The van der Waals surface area contributed by atoms with Crippen LogP contribution in [0.3, 0.4) is 0 Å². The van der Waals surface area contributed by atoms with Gasteiger partial charge in [0, 0.05) is 12.7 Å². The summed E-state index contributed by atoms with van der Waals surface area (Å²) in [6, 6.07) is 0. The molecule has 1 heteroatoms. The van der Waals surface area contributed by atoms with Gasteiger partial charge in [0.1, 0.15) is 0 Å². The van der Waals surface area contributed by atoms with E-state index in [2.05, 4.69) is 51.2 Å². The Labute approximate surface area is 115 Å². The van der Waals surface area contributed by atoms with E-state index in [1.54, 1.807) is 0 Å². The fourth-order valence-corrected chi connectivity index (χ4v) is 1.58. The van der Waals surface area contributed by atoms with Crippen LogP contribution in [0.2, 0.25) is 0 Å². The lowest BCUT2D eigenvalue weighted by Gasteiger charge is -2.09. The first-order valence-electron chi connectivity index (χ1n) is 7.38. The molecule has 0 aliphatic carbocycles. The summed E-state index contributed by atoms with van der Waals surface area (Å²) in [5.41, 5.74) is 4.01. The van der Waals surface area contributed by atoms with Crippen LogP contribution in [0.5, 0.6) is 0 Å². The van der Waals surface area contributed by atoms with Gasteiger partial charge in [-0.1, -0.05) is 58.3 Å². The fourth-order valence-electron chi connectivity index (χ4n) is 1.58. The van der Waals surface area contributed by atoms with E-state index in [-0.39, 0.29) is 0 Å². The molecule has 0 unspecified atom stereocenters. The molecular weight excluding hydrogens is 218 g/mol. The van der Waals surface area contributed by atoms with Crippen LogP contribution in [0, 0.1) is 0 Å². The molecule has 0 fully saturated rings. The second-order valence-corrected chi connectivity index (χ2v) is 4.35. The van der Waals surface area contributed by atoms with Gasteiger partial charge in [0.05, 0.1) is 0 Å². The molecule has 0 bridgehead atoms. The van der Waals surface area contributed by atoms with E-state index in [0.29, 0.717) is 0 Å². The highest BCUT2D eigenvalue weighted by Gasteiger charge is 1.99. The maximum atomic E-state index is 3.30. The van der Waals surface area contributed by atoms with E-state index < -0.39 is 0 Å². The normalized spacial score (nSPS) is 11.5. The second kappa shape index (κ2) is 14.1. The predicted octanol–water partition coefficient (Wildman–Crippen LogP) is 5.61. The van der Waals surface area contributed by atoms with E-state index in [0.717, 1.165) is 6.42 Å². The minimum absolute atomic E-state index is 1.14. The van der Waals surface area contributed by atoms with Crippen molar-refractivity contribution in [2.24, 2.45) is 0 Å².